The van der Waals surface area contributed by atoms with Crippen molar-refractivity contribution in [3.8, 4) is 11.5 Å². The van der Waals surface area contributed by atoms with Crippen molar-refractivity contribution in [1.82, 2.24) is 4.98 Å². The predicted octanol–water partition coefficient (Wildman–Crippen LogP) is 5.63. The van der Waals surface area contributed by atoms with Gasteiger partial charge in [-0.2, -0.15) is 0 Å². The van der Waals surface area contributed by atoms with Crippen LogP contribution >= 0.6 is 34.8 Å². The van der Waals surface area contributed by atoms with Gasteiger partial charge in [0.05, 0.1) is 15.1 Å². The molecule has 2 aromatic carbocycles. The van der Waals surface area contributed by atoms with Crippen LogP contribution in [0.1, 0.15) is 10.5 Å². The van der Waals surface area contributed by atoms with Crippen molar-refractivity contribution in [3.63, 3.8) is 0 Å². The molecule has 0 bridgehead atoms. The number of esters is 1. The number of carbonyl (C=O) groups excluding carboxylic acids is 2. The van der Waals surface area contributed by atoms with Gasteiger partial charge in [-0.1, -0.05) is 53.0 Å². The van der Waals surface area contributed by atoms with Crippen LogP contribution in [-0.2, 0) is 9.53 Å². The van der Waals surface area contributed by atoms with Gasteiger partial charge < -0.3 is 14.8 Å². The molecule has 1 amide bonds. The Morgan fingerprint density at radius 2 is 1.55 bits per heavy atom. The maximum Gasteiger partial charge on any atom is 0.359 e. The van der Waals surface area contributed by atoms with Crippen molar-refractivity contribution >= 4 is 52.4 Å². The lowest BCUT2D eigenvalue weighted by Gasteiger charge is -2.09. The Balaban J connectivity index is 1.53. The summed E-state index contributed by atoms with van der Waals surface area (Å²) in [5, 5.41) is 2.55. The zero-order valence-electron chi connectivity index (χ0n) is 14.7. The first-order valence-corrected chi connectivity index (χ1v) is 9.37. The van der Waals surface area contributed by atoms with Crippen LogP contribution in [0.25, 0.3) is 0 Å². The second-order valence-corrected chi connectivity index (χ2v) is 6.81. The standard InChI is InChI=1S/C20H13Cl3N2O4/c21-15-10-24-19(18(23)17(15)22)20(27)28-11-16(26)25-12-6-8-14(9-7-12)29-13-4-2-1-3-5-13/h1-10H,11H2,(H,25,26). The number of aromatic nitrogens is 1. The van der Waals surface area contributed by atoms with E-state index in [2.05, 4.69) is 10.3 Å². The van der Waals surface area contributed by atoms with Crippen molar-refractivity contribution in [2.24, 2.45) is 0 Å². The fourth-order valence-electron chi connectivity index (χ4n) is 2.21. The minimum Gasteiger partial charge on any atom is -0.457 e. The molecule has 1 heterocycles. The third-order valence-corrected chi connectivity index (χ3v) is 4.80. The topological polar surface area (TPSA) is 77.5 Å². The lowest BCUT2D eigenvalue weighted by molar-refractivity contribution is -0.119. The highest BCUT2D eigenvalue weighted by atomic mass is 35.5. The molecule has 0 fully saturated rings. The Bertz CT molecular complexity index is 1030. The summed E-state index contributed by atoms with van der Waals surface area (Å²) in [6, 6.07) is 16.0. The number of para-hydroxylation sites is 1. The molecule has 0 atom stereocenters. The second-order valence-electron chi connectivity index (χ2n) is 5.65. The number of nitrogens with zero attached hydrogens (tertiary/aromatic N) is 1. The molecule has 0 unspecified atom stereocenters. The Morgan fingerprint density at radius 3 is 2.24 bits per heavy atom. The van der Waals surface area contributed by atoms with Gasteiger partial charge in [-0.05, 0) is 36.4 Å². The highest BCUT2D eigenvalue weighted by Gasteiger charge is 2.19. The van der Waals surface area contributed by atoms with Crippen molar-refractivity contribution in [2.75, 3.05) is 11.9 Å². The average Bonchev–Trinajstić information content (AvgIpc) is 2.72. The van der Waals surface area contributed by atoms with E-state index in [-0.39, 0.29) is 20.8 Å². The van der Waals surface area contributed by atoms with E-state index in [1.807, 2.05) is 30.3 Å². The fourth-order valence-corrected chi connectivity index (χ4v) is 2.77. The number of hydrogen-bond donors (Lipinski definition) is 1. The maximum absolute atomic E-state index is 12.0. The Morgan fingerprint density at radius 1 is 0.897 bits per heavy atom. The molecule has 0 radical (unpaired) electrons. The molecule has 1 N–H and O–H groups in total. The molecule has 0 aliphatic heterocycles. The number of benzene rings is 2. The van der Waals surface area contributed by atoms with Gasteiger partial charge in [-0.25, -0.2) is 9.78 Å². The van der Waals surface area contributed by atoms with Crippen molar-refractivity contribution in [3.05, 3.63) is 81.6 Å². The van der Waals surface area contributed by atoms with Crippen LogP contribution in [0.5, 0.6) is 11.5 Å². The summed E-state index contributed by atoms with van der Waals surface area (Å²) >= 11 is 17.5. The number of pyridine rings is 1. The van der Waals surface area contributed by atoms with E-state index in [0.29, 0.717) is 17.2 Å². The SMILES string of the molecule is O=C(COC(=O)c1ncc(Cl)c(Cl)c1Cl)Nc1ccc(Oc2ccccc2)cc1. The highest BCUT2D eigenvalue weighted by Crippen LogP contribution is 2.31. The van der Waals surface area contributed by atoms with E-state index >= 15 is 0 Å². The van der Waals surface area contributed by atoms with Gasteiger partial charge in [0.15, 0.2) is 12.3 Å². The van der Waals surface area contributed by atoms with Crippen LogP contribution in [0.2, 0.25) is 15.1 Å². The normalized spacial score (nSPS) is 10.3. The van der Waals surface area contributed by atoms with Crippen LogP contribution in [0.4, 0.5) is 5.69 Å². The number of anilines is 1. The predicted molar refractivity (Wildman–Crippen MR) is 111 cm³/mol. The molecule has 6 nitrogen and oxygen atoms in total. The minimum absolute atomic E-state index is 0.0162. The molecule has 3 aromatic rings. The molecule has 0 saturated heterocycles. The quantitative estimate of drug-likeness (QED) is 0.491. The van der Waals surface area contributed by atoms with Crippen LogP contribution < -0.4 is 10.1 Å². The number of halogens is 3. The Kier molecular flexibility index (Phi) is 6.93. The second kappa shape index (κ2) is 9.60. The average molecular weight is 452 g/mol. The molecule has 29 heavy (non-hydrogen) atoms. The summed E-state index contributed by atoms with van der Waals surface area (Å²) in [5.41, 5.74) is 0.286. The monoisotopic (exact) mass is 450 g/mol. The van der Waals surface area contributed by atoms with Gasteiger partial charge in [0, 0.05) is 11.9 Å². The largest absolute Gasteiger partial charge is 0.457 e. The third-order valence-electron chi connectivity index (χ3n) is 3.56. The van der Waals surface area contributed by atoms with E-state index in [1.165, 1.54) is 6.20 Å². The first-order valence-electron chi connectivity index (χ1n) is 8.23. The summed E-state index contributed by atoms with van der Waals surface area (Å²) in [7, 11) is 0. The maximum atomic E-state index is 12.0. The van der Waals surface area contributed by atoms with Crippen molar-refractivity contribution in [1.29, 1.82) is 0 Å². The van der Waals surface area contributed by atoms with Gasteiger partial charge in [0.25, 0.3) is 5.91 Å². The number of nitrogens with one attached hydrogen (secondary N) is 1. The van der Waals surface area contributed by atoms with Crippen molar-refractivity contribution < 1.29 is 19.1 Å². The number of amides is 1. The first-order chi connectivity index (χ1) is 13.9. The van der Waals surface area contributed by atoms with Gasteiger partial charge in [0.1, 0.15) is 11.5 Å². The lowest BCUT2D eigenvalue weighted by atomic mass is 10.3. The molecule has 0 aliphatic rings. The number of carbonyl (C=O) groups is 2. The van der Waals surface area contributed by atoms with Crippen LogP contribution in [0, 0.1) is 0 Å². The summed E-state index contributed by atoms with van der Waals surface area (Å²) in [6.07, 6.45) is 1.17. The summed E-state index contributed by atoms with van der Waals surface area (Å²) in [5.74, 6) is -0.117. The van der Waals surface area contributed by atoms with Crippen molar-refractivity contribution in [2.45, 2.75) is 0 Å². The van der Waals surface area contributed by atoms with E-state index < -0.39 is 18.5 Å². The molecule has 3 rings (SSSR count). The molecular formula is C20H13Cl3N2O4. The van der Waals surface area contributed by atoms with E-state index in [0.717, 1.165) is 0 Å². The smallest absolute Gasteiger partial charge is 0.359 e. The Labute approximate surface area is 181 Å². The van der Waals surface area contributed by atoms with Gasteiger partial charge in [0.2, 0.25) is 0 Å². The summed E-state index contributed by atoms with van der Waals surface area (Å²) < 4.78 is 10.6. The van der Waals surface area contributed by atoms with E-state index in [9.17, 15) is 9.59 Å². The Hall–Kier alpha value is -2.80. The molecule has 0 saturated carbocycles. The molecule has 1 aromatic heterocycles. The zero-order chi connectivity index (χ0) is 20.8. The number of rotatable bonds is 6. The van der Waals surface area contributed by atoms with Crippen LogP contribution in [0.15, 0.2) is 60.8 Å². The zero-order valence-corrected chi connectivity index (χ0v) is 17.0. The van der Waals surface area contributed by atoms with Crippen LogP contribution in [0.3, 0.4) is 0 Å². The fraction of sp³-hybridized carbons (Fsp3) is 0.0500. The first kappa shape index (κ1) is 20.9. The van der Waals surface area contributed by atoms with Crippen LogP contribution in [-0.4, -0.2) is 23.5 Å². The molecule has 9 heteroatoms. The van der Waals surface area contributed by atoms with Gasteiger partial charge in [-0.15, -0.1) is 0 Å². The van der Waals surface area contributed by atoms with Gasteiger partial charge >= 0.3 is 5.97 Å². The number of ether oxygens (including phenoxy) is 2. The molecule has 0 spiro atoms. The highest BCUT2D eigenvalue weighted by molar-refractivity contribution is 6.48. The third kappa shape index (κ3) is 5.60. The summed E-state index contributed by atoms with van der Waals surface area (Å²) in [4.78, 5) is 27.8. The molecule has 148 valence electrons. The van der Waals surface area contributed by atoms with E-state index in [4.69, 9.17) is 44.3 Å². The van der Waals surface area contributed by atoms with Gasteiger partial charge in [-0.3, -0.25) is 4.79 Å². The molecule has 0 aliphatic carbocycles. The molecular weight excluding hydrogens is 439 g/mol. The summed E-state index contributed by atoms with van der Waals surface area (Å²) in [6.45, 7) is -0.528. The van der Waals surface area contributed by atoms with E-state index in [1.54, 1.807) is 24.3 Å². The minimum atomic E-state index is -0.893. The lowest BCUT2D eigenvalue weighted by Crippen LogP contribution is -2.21. The number of hydrogen-bond acceptors (Lipinski definition) is 5.